The first-order valence-electron chi connectivity index (χ1n) is 28.1. The van der Waals surface area contributed by atoms with Gasteiger partial charge in [-0.2, -0.15) is 0 Å². The van der Waals surface area contributed by atoms with Crippen molar-refractivity contribution in [2.75, 3.05) is 19.8 Å². The number of hydrogen-bond acceptors (Lipinski definition) is 5. The van der Waals surface area contributed by atoms with E-state index >= 15 is 0 Å². The average molecular weight is 920 g/mol. The van der Waals surface area contributed by atoms with Crippen LogP contribution in [0.3, 0.4) is 0 Å². The van der Waals surface area contributed by atoms with Gasteiger partial charge in [0, 0.05) is 19.4 Å². The van der Waals surface area contributed by atoms with Crippen molar-refractivity contribution in [1.82, 2.24) is 0 Å². The van der Waals surface area contributed by atoms with Crippen molar-refractivity contribution in [3.63, 3.8) is 0 Å². The summed E-state index contributed by atoms with van der Waals surface area (Å²) in [5, 5.41) is 0. The molecule has 5 heteroatoms. The topological polar surface area (TPSA) is 61.8 Å². The van der Waals surface area contributed by atoms with Gasteiger partial charge in [0.1, 0.15) is 6.61 Å². The van der Waals surface area contributed by atoms with Gasteiger partial charge in [-0.15, -0.1) is 0 Å². The summed E-state index contributed by atoms with van der Waals surface area (Å²) in [6.07, 6.45) is 74.5. The van der Waals surface area contributed by atoms with E-state index in [9.17, 15) is 9.59 Å². The number of carbonyl (C=O) groups excluding carboxylic acids is 2. The van der Waals surface area contributed by atoms with Crippen LogP contribution in [0.2, 0.25) is 0 Å². The molecule has 0 aliphatic carbocycles. The average Bonchev–Trinajstić information content (AvgIpc) is 3.32. The molecule has 0 aromatic carbocycles. The number of esters is 2. The molecular weight excluding hydrogens is 813 g/mol. The maximum Gasteiger partial charge on any atom is 0.306 e. The number of allylic oxidation sites excluding steroid dienone is 14. The van der Waals surface area contributed by atoms with E-state index in [1.807, 2.05) is 0 Å². The summed E-state index contributed by atoms with van der Waals surface area (Å²) in [6.45, 7) is 7.71. The van der Waals surface area contributed by atoms with Crippen LogP contribution < -0.4 is 0 Å². The number of ether oxygens (including phenoxy) is 3. The summed E-state index contributed by atoms with van der Waals surface area (Å²) in [5.41, 5.74) is 0. The molecule has 0 rings (SSSR count). The summed E-state index contributed by atoms with van der Waals surface area (Å²) >= 11 is 0. The molecule has 0 aliphatic heterocycles. The van der Waals surface area contributed by atoms with Gasteiger partial charge in [-0.05, 0) is 122 Å². The molecule has 0 N–H and O–H groups in total. The first-order chi connectivity index (χ1) is 32.6. The Hall–Kier alpha value is -2.92. The van der Waals surface area contributed by atoms with Gasteiger partial charge in [0.15, 0.2) is 6.10 Å². The molecule has 0 saturated carbocycles. The molecule has 0 fully saturated rings. The highest BCUT2D eigenvalue weighted by Gasteiger charge is 2.17. The van der Waals surface area contributed by atoms with Crippen LogP contribution in [0.1, 0.15) is 265 Å². The van der Waals surface area contributed by atoms with E-state index in [2.05, 4.69) is 106 Å². The second-order valence-corrected chi connectivity index (χ2v) is 18.5. The van der Waals surface area contributed by atoms with E-state index in [1.165, 1.54) is 141 Å². The standard InChI is InChI=1S/C61H106O5/c1-4-7-10-13-16-19-22-25-28-29-30-31-32-35-38-41-44-47-50-53-56-64-57-59(66-61(63)55-52-49-46-43-40-37-34-27-24-21-18-15-12-9-6-3)58-65-60(62)54-51-48-45-42-39-36-33-26-23-20-17-14-11-8-5-2/h16-21,25-28,30-31,33-34,59H,4-15,22-24,29,32,35-58H2,1-3H3/b19-16-,20-17-,21-18-,28-25-,31-30-,33-26-,34-27-. The molecule has 1 unspecified atom stereocenters. The minimum atomic E-state index is -0.559. The van der Waals surface area contributed by atoms with Gasteiger partial charge in [-0.3, -0.25) is 9.59 Å². The molecule has 0 aromatic rings. The van der Waals surface area contributed by atoms with E-state index in [1.54, 1.807) is 0 Å². The van der Waals surface area contributed by atoms with E-state index < -0.39 is 6.10 Å². The molecule has 0 aromatic heterocycles. The highest BCUT2D eigenvalue weighted by atomic mass is 16.6. The summed E-state index contributed by atoms with van der Waals surface area (Å²) in [5.74, 6) is -0.432. The number of unbranched alkanes of at least 4 members (excludes halogenated alkanes) is 26. The third-order valence-corrected chi connectivity index (χ3v) is 11.9. The van der Waals surface area contributed by atoms with Crippen molar-refractivity contribution in [3.8, 4) is 0 Å². The summed E-state index contributed by atoms with van der Waals surface area (Å²) in [4.78, 5) is 25.5. The summed E-state index contributed by atoms with van der Waals surface area (Å²) < 4.78 is 17.4. The van der Waals surface area contributed by atoms with Gasteiger partial charge in [0.05, 0.1) is 6.61 Å². The van der Waals surface area contributed by atoms with Crippen LogP contribution in [0.25, 0.3) is 0 Å². The fraction of sp³-hybridized carbons (Fsp3) is 0.738. The predicted octanol–water partition coefficient (Wildman–Crippen LogP) is 19.2. The quantitative estimate of drug-likeness (QED) is 0.0346. The number of carbonyl (C=O) groups is 2. The molecule has 0 amide bonds. The minimum Gasteiger partial charge on any atom is -0.462 e. The van der Waals surface area contributed by atoms with Gasteiger partial charge >= 0.3 is 11.9 Å². The van der Waals surface area contributed by atoms with E-state index in [0.717, 1.165) is 89.9 Å². The van der Waals surface area contributed by atoms with Crippen LogP contribution in [0.15, 0.2) is 85.1 Å². The molecule has 380 valence electrons. The molecule has 66 heavy (non-hydrogen) atoms. The van der Waals surface area contributed by atoms with Crippen LogP contribution in [0.4, 0.5) is 0 Å². The van der Waals surface area contributed by atoms with Gasteiger partial charge in [-0.25, -0.2) is 0 Å². The van der Waals surface area contributed by atoms with Crippen LogP contribution in [0.5, 0.6) is 0 Å². The maximum absolute atomic E-state index is 12.8. The van der Waals surface area contributed by atoms with Crippen molar-refractivity contribution in [3.05, 3.63) is 85.1 Å². The fourth-order valence-corrected chi connectivity index (χ4v) is 7.64. The van der Waals surface area contributed by atoms with E-state index in [4.69, 9.17) is 14.2 Å². The minimum absolute atomic E-state index is 0.0652. The lowest BCUT2D eigenvalue weighted by atomic mass is 10.1. The monoisotopic (exact) mass is 919 g/mol. The highest BCUT2D eigenvalue weighted by molar-refractivity contribution is 5.70. The SMILES string of the molecule is CCCCC/C=C\C/C=C\C/C=C\CCCCCCCCCOCC(COC(=O)CCCCCCC/C=C\C/C=C\CCCCC)OC(=O)CCCCCCC/C=C\C/C=C\CCCCC. The first-order valence-corrected chi connectivity index (χ1v) is 28.1. The fourth-order valence-electron chi connectivity index (χ4n) is 7.64. The maximum atomic E-state index is 12.8. The number of hydrogen-bond donors (Lipinski definition) is 0. The lowest BCUT2D eigenvalue weighted by Gasteiger charge is -2.18. The molecule has 0 heterocycles. The third kappa shape index (κ3) is 53.7. The predicted molar refractivity (Wildman–Crippen MR) is 288 cm³/mol. The van der Waals surface area contributed by atoms with Crippen LogP contribution in [-0.4, -0.2) is 37.9 Å². The van der Waals surface area contributed by atoms with Gasteiger partial charge in [-0.1, -0.05) is 215 Å². The Bertz CT molecular complexity index is 1220. The molecule has 5 nitrogen and oxygen atoms in total. The molecule has 0 spiro atoms. The zero-order valence-corrected chi connectivity index (χ0v) is 43.7. The number of rotatable bonds is 51. The van der Waals surface area contributed by atoms with Crippen molar-refractivity contribution < 1.29 is 23.8 Å². The second-order valence-electron chi connectivity index (χ2n) is 18.5. The molecule has 1 atom stereocenters. The van der Waals surface area contributed by atoms with Crippen molar-refractivity contribution in [1.29, 1.82) is 0 Å². The van der Waals surface area contributed by atoms with Crippen molar-refractivity contribution in [2.24, 2.45) is 0 Å². The van der Waals surface area contributed by atoms with Crippen LogP contribution >= 0.6 is 0 Å². The Labute approximate surface area is 409 Å². The van der Waals surface area contributed by atoms with Crippen molar-refractivity contribution >= 4 is 11.9 Å². The molecule has 0 radical (unpaired) electrons. The first kappa shape index (κ1) is 63.1. The largest absolute Gasteiger partial charge is 0.462 e. The van der Waals surface area contributed by atoms with Gasteiger partial charge in [0.25, 0.3) is 0 Å². The Morgan fingerprint density at radius 3 is 1.02 bits per heavy atom. The van der Waals surface area contributed by atoms with Crippen LogP contribution in [0, 0.1) is 0 Å². The molecular formula is C61H106O5. The van der Waals surface area contributed by atoms with E-state index in [0.29, 0.717) is 19.4 Å². The van der Waals surface area contributed by atoms with Crippen molar-refractivity contribution in [2.45, 2.75) is 271 Å². The lowest BCUT2D eigenvalue weighted by molar-refractivity contribution is -0.163. The van der Waals surface area contributed by atoms with Gasteiger partial charge < -0.3 is 14.2 Å². The third-order valence-electron chi connectivity index (χ3n) is 11.9. The Kier molecular flexibility index (Phi) is 53.9. The summed E-state index contributed by atoms with van der Waals surface area (Å²) in [7, 11) is 0. The molecule has 0 bridgehead atoms. The van der Waals surface area contributed by atoms with Gasteiger partial charge in [0.2, 0.25) is 0 Å². The van der Waals surface area contributed by atoms with E-state index in [-0.39, 0.29) is 25.2 Å². The highest BCUT2D eigenvalue weighted by Crippen LogP contribution is 2.13. The summed E-state index contributed by atoms with van der Waals surface area (Å²) in [6, 6.07) is 0. The normalized spacial score (nSPS) is 12.8. The molecule has 0 saturated heterocycles. The second kappa shape index (κ2) is 56.4. The Morgan fingerprint density at radius 2 is 0.636 bits per heavy atom. The van der Waals surface area contributed by atoms with Crippen LogP contribution in [-0.2, 0) is 23.8 Å². The zero-order valence-electron chi connectivity index (χ0n) is 43.7. The zero-order chi connectivity index (χ0) is 47.7. The smallest absolute Gasteiger partial charge is 0.306 e. The Balaban J connectivity index is 4.33. The lowest BCUT2D eigenvalue weighted by Crippen LogP contribution is -2.30. The Morgan fingerprint density at radius 1 is 0.333 bits per heavy atom. The molecule has 0 aliphatic rings.